The molecule has 1 N–H and O–H groups in total. The molecule has 0 aliphatic carbocycles. The van der Waals surface area contributed by atoms with Crippen LogP contribution in [0.3, 0.4) is 0 Å². The van der Waals surface area contributed by atoms with Crippen molar-refractivity contribution < 1.29 is 9.69 Å². The second kappa shape index (κ2) is 4.97. The lowest BCUT2D eigenvalue weighted by Gasteiger charge is -2.42. The SMILES string of the molecule is O=C(CC1CC2CC[NH+]1CC2)c1ccc2sccc2c1. The van der Waals surface area contributed by atoms with Crippen LogP contribution in [0.25, 0.3) is 10.1 Å². The molecule has 0 amide bonds. The summed E-state index contributed by atoms with van der Waals surface area (Å²) < 4.78 is 1.27. The zero-order valence-corrected chi connectivity index (χ0v) is 12.4. The van der Waals surface area contributed by atoms with Gasteiger partial charge in [-0.25, -0.2) is 0 Å². The zero-order valence-electron chi connectivity index (χ0n) is 11.6. The quantitative estimate of drug-likeness (QED) is 0.860. The van der Waals surface area contributed by atoms with E-state index >= 15 is 0 Å². The van der Waals surface area contributed by atoms with Crippen LogP contribution in [0.2, 0.25) is 0 Å². The molecular formula is C17H20NOS+. The Bertz CT molecular complexity index is 639. The third-order valence-electron chi connectivity index (χ3n) is 5.15. The standard InChI is InChI=1S/C17H19NOS/c19-16(11-15-9-12-3-6-18(15)7-4-12)13-1-2-17-14(10-13)5-8-20-17/h1-2,5,8,10,12,15H,3-4,6-7,9,11H2/p+1. The summed E-state index contributed by atoms with van der Waals surface area (Å²) in [6, 6.07) is 8.85. The van der Waals surface area contributed by atoms with Crippen molar-refractivity contribution in [1.82, 2.24) is 0 Å². The highest BCUT2D eigenvalue weighted by atomic mass is 32.1. The monoisotopic (exact) mass is 286 g/mol. The molecule has 1 atom stereocenters. The smallest absolute Gasteiger partial charge is 0.168 e. The maximum Gasteiger partial charge on any atom is 0.168 e. The lowest BCUT2D eigenvalue weighted by molar-refractivity contribution is -0.941. The molecule has 3 heteroatoms. The maximum absolute atomic E-state index is 12.5. The predicted molar refractivity (Wildman–Crippen MR) is 82.6 cm³/mol. The van der Waals surface area contributed by atoms with Crippen LogP contribution in [-0.4, -0.2) is 24.9 Å². The van der Waals surface area contributed by atoms with Crippen LogP contribution in [0.4, 0.5) is 0 Å². The van der Waals surface area contributed by atoms with Gasteiger partial charge in [-0.15, -0.1) is 11.3 Å². The number of quaternary nitrogens is 1. The largest absolute Gasteiger partial charge is 0.332 e. The van der Waals surface area contributed by atoms with Gasteiger partial charge in [0.05, 0.1) is 25.6 Å². The summed E-state index contributed by atoms with van der Waals surface area (Å²) in [4.78, 5) is 14.2. The van der Waals surface area contributed by atoms with E-state index < -0.39 is 0 Å². The Hall–Kier alpha value is -1.19. The van der Waals surface area contributed by atoms with Crippen LogP contribution in [0.5, 0.6) is 0 Å². The molecule has 3 aliphatic heterocycles. The molecular weight excluding hydrogens is 266 g/mol. The molecule has 4 heterocycles. The number of fused-ring (bicyclic) bond motifs is 4. The molecule has 2 bridgehead atoms. The summed E-state index contributed by atoms with van der Waals surface area (Å²) in [7, 11) is 0. The molecule has 3 saturated heterocycles. The number of rotatable bonds is 3. The Morgan fingerprint density at radius 3 is 2.85 bits per heavy atom. The molecule has 2 aromatic rings. The number of ketones is 1. The van der Waals surface area contributed by atoms with Gasteiger partial charge in [0.15, 0.2) is 5.78 Å². The Labute approximate surface area is 123 Å². The molecule has 1 unspecified atom stereocenters. The van der Waals surface area contributed by atoms with Gasteiger partial charge in [-0.2, -0.15) is 0 Å². The van der Waals surface area contributed by atoms with Crippen molar-refractivity contribution in [3.8, 4) is 0 Å². The van der Waals surface area contributed by atoms with Crippen LogP contribution in [0.15, 0.2) is 29.6 Å². The van der Waals surface area contributed by atoms with Gasteiger partial charge in [-0.3, -0.25) is 4.79 Å². The van der Waals surface area contributed by atoms with Gasteiger partial charge in [0.25, 0.3) is 0 Å². The van der Waals surface area contributed by atoms with E-state index in [4.69, 9.17) is 0 Å². The van der Waals surface area contributed by atoms with Gasteiger partial charge in [0.1, 0.15) is 0 Å². The van der Waals surface area contributed by atoms with Crippen molar-refractivity contribution in [2.45, 2.75) is 31.7 Å². The average molecular weight is 286 g/mol. The maximum atomic E-state index is 12.5. The van der Waals surface area contributed by atoms with E-state index in [-0.39, 0.29) is 0 Å². The van der Waals surface area contributed by atoms with E-state index in [0.29, 0.717) is 11.8 Å². The fraction of sp³-hybridized carbons (Fsp3) is 0.471. The third kappa shape index (κ3) is 2.19. The topological polar surface area (TPSA) is 21.5 Å². The zero-order chi connectivity index (χ0) is 13.5. The molecule has 3 aliphatic rings. The van der Waals surface area contributed by atoms with E-state index in [2.05, 4.69) is 23.6 Å². The minimum Gasteiger partial charge on any atom is -0.332 e. The summed E-state index contributed by atoms with van der Waals surface area (Å²) >= 11 is 1.74. The van der Waals surface area contributed by atoms with Crippen LogP contribution >= 0.6 is 11.3 Å². The summed E-state index contributed by atoms with van der Waals surface area (Å²) in [5.41, 5.74) is 0.901. The number of nitrogens with one attached hydrogen (secondary N) is 1. The first-order valence-corrected chi connectivity index (χ1v) is 8.52. The van der Waals surface area contributed by atoms with Gasteiger partial charge in [0.2, 0.25) is 0 Å². The summed E-state index contributed by atoms with van der Waals surface area (Å²) in [5, 5.41) is 3.30. The highest BCUT2D eigenvalue weighted by molar-refractivity contribution is 7.17. The van der Waals surface area contributed by atoms with Crippen molar-refractivity contribution in [3.63, 3.8) is 0 Å². The first kappa shape index (κ1) is 12.5. The van der Waals surface area contributed by atoms with E-state index in [1.807, 2.05) is 6.07 Å². The number of carbonyl (C=O) groups is 1. The molecule has 0 radical (unpaired) electrons. The Balaban J connectivity index is 1.52. The molecule has 5 rings (SSSR count). The Morgan fingerprint density at radius 2 is 2.10 bits per heavy atom. The van der Waals surface area contributed by atoms with Crippen molar-refractivity contribution in [1.29, 1.82) is 0 Å². The predicted octanol–water partition coefficient (Wildman–Crippen LogP) is 2.54. The first-order valence-electron chi connectivity index (χ1n) is 7.64. The fourth-order valence-electron chi connectivity index (χ4n) is 3.97. The summed E-state index contributed by atoms with van der Waals surface area (Å²) in [6.45, 7) is 2.57. The lowest BCUT2D eigenvalue weighted by Crippen LogP contribution is -3.18. The van der Waals surface area contributed by atoms with Gasteiger partial charge in [0, 0.05) is 16.7 Å². The average Bonchev–Trinajstić information content (AvgIpc) is 2.96. The van der Waals surface area contributed by atoms with Gasteiger partial charge in [-0.1, -0.05) is 0 Å². The number of benzene rings is 1. The molecule has 2 nitrogen and oxygen atoms in total. The number of Topliss-reactive ketones (excluding diaryl/α,β-unsaturated/α-hetero) is 1. The highest BCUT2D eigenvalue weighted by Gasteiger charge is 2.38. The van der Waals surface area contributed by atoms with Crippen LogP contribution < -0.4 is 4.90 Å². The van der Waals surface area contributed by atoms with Crippen molar-refractivity contribution >= 4 is 27.2 Å². The lowest BCUT2D eigenvalue weighted by atomic mass is 9.81. The summed E-state index contributed by atoms with van der Waals surface area (Å²) in [6.07, 6.45) is 4.75. The van der Waals surface area contributed by atoms with E-state index in [0.717, 1.165) is 17.9 Å². The normalized spacial score (nSPS) is 28.9. The second-order valence-corrected chi connectivity index (χ2v) is 7.28. The van der Waals surface area contributed by atoms with Gasteiger partial charge in [-0.05, 0) is 53.8 Å². The van der Waals surface area contributed by atoms with Crippen LogP contribution in [0.1, 0.15) is 36.0 Å². The molecule has 1 aromatic heterocycles. The molecule has 104 valence electrons. The number of hydrogen-bond acceptors (Lipinski definition) is 2. The number of carbonyl (C=O) groups excluding carboxylic acids is 1. The summed E-state index contributed by atoms with van der Waals surface area (Å²) in [5.74, 6) is 1.23. The number of thiophene rings is 1. The van der Waals surface area contributed by atoms with Crippen LogP contribution in [0, 0.1) is 5.92 Å². The molecule has 20 heavy (non-hydrogen) atoms. The minimum absolute atomic E-state index is 0.336. The van der Waals surface area contributed by atoms with Crippen molar-refractivity contribution in [2.24, 2.45) is 5.92 Å². The first-order chi connectivity index (χ1) is 9.79. The molecule has 0 spiro atoms. The highest BCUT2D eigenvalue weighted by Crippen LogP contribution is 2.25. The number of hydrogen-bond donors (Lipinski definition) is 1. The van der Waals surface area contributed by atoms with E-state index in [9.17, 15) is 4.79 Å². The fourth-order valence-corrected chi connectivity index (χ4v) is 4.74. The Kier molecular flexibility index (Phi) is 3.12. The Morgan fingerprint density at radius 1 is 1.25 bits per heavy atom. The molecule has 0 saturated carbocycles. The van der Waals surface area contributed by atoms with Gasteiger partial charge >= 0.3 is 0 Å². The van der Waals surface area contributed by atoms with E-state index in [1.165, 1.54) is 42.4 Å². The van der Waals surface area contributed by atoms with E-state index in [1.54, 1.807) is 16.2 Å². The molecule has 1 aromatic carbocycles. The number of piperidine rings is 3. The second-order valence-electron chi connectivity index (χ2n) is 6.33. The van der Waals surface area contributed by atoms with Crippen LogP contribution in [-0.2, 0) is 0 Å². The minimum atomic E-state index is 0.336. The van der Waals surface area contributed by atoms with Crippen molar-refractivity contribution in [3.05, 3.63) is 35.2 Å². The molecule has 3 fully saturated rings. The van der Waals surface area contributed by atoms with Gasteiger partial charge < -0.3 is 4.90 Å². The third-order valence-corrected chi connectivity index (χ3v) is 6.05. The van der Waals surface area contributed by atoms with Crippen molar-refractivity contribution in [2.75, 3.05) is 13.1 Å².